The number of methoxy groups -OCH3 is 3. The van der Waals surface area contributed by atoms with Gasteiger partial charge in [-0.25, -0.2) is 0 Å². The number of ketones is 1. The summed E-state index contributed by atoms with van der Waals surface area (Å²) in [6.45, 7) is 1.87. The molecule has 1 aliphatic carbocycles. The Bertz CT molecular complexity index is 1530. The van der Waals surface area contributed by atoms with Crippen molar-refractivity contribution in [3.63, 3.8) is 0 Å². The molecule has 0 aromatic heterocycles. The molecule has 5 rings (SSSR count). The topological polar surface area (TPSA) is 85.9 Å². The lowest BCUT2D eigenvalue weighted by Gasteiger charge is -2.37. The van der Waals surface area contributed by atoms with Crippen LogP contribution in [0.4, 0.5) is 5.69 Å². The quantitative estimate of drug-likeness (QED) is 0.351. The molecule has 8 heteroatoms. The fraction of sp³-hybridized carbons (Fsp3) is 0.250. The maximum absolute atomic E-state index is 13.9. The van der Waals surface area contributed by atoms with Crippen molar-refractivity contribution in [2.75, 3.05) is 26.6 Å². The zero-order valence-electron chi connectivity index (χ0n) is 22.8. The van der Waals surface area contributed by atoms with E-state index in [1.54, 1.807) is 51.7 Å². The maximum atomic E-state index is 13.9. The number of amides is 1. The van der Waals surface area contributed by atoms with Gasteiger partial charge in [-0.2, -0.15) is 0 Å². The molecule has 2 atom stereocenters. The minimum atomic E-state index is -0.563. The Balaban J connectivity index is 1.53. The molecule has 3 aromatic rings. The van der Waals surface area contributed by atoms with Gasteiger partial charge < -0.3 is 24.8 Å². The van der Waals surface area contributed by atoms with Crippen LogP contribution < -0.4 is 24.8 Å². The molecule has 0 spiro atoms. The largest absolute Gasteiger partial charge is 0.497 e. The van der Waals surface area contributed by atoms with Crippen molar-refractivity contribution in [2.24, 2.45) is 0 Å². The van der Waals surface area contributed by atoms with Gasteiger partial charge in [0.1, 0.15) is 5.75 Å². The summed E-state index contributed by atoms with van der Waals surface area (Å²) in [4.78, 5) is 27.7. The number of ether oxygens (including phenoxy) is 3. The number of hydrogen-bond donors (Lipinski definition) is 2. The van der Waals surface area contributed by atoms with Crippen molar-refractivity contribution in [1.82, 2.24) is 5.32 Å². The Kier molecular flexibility index (Phi) is 7.85. The van der Waals surface area contributed by atoms with Gasteiger partial charge in [-0.15, -0.1) is 0 Å². The average molecular weight is 559 g/mol. The molecule has 2 aliphatic rings. The van der Waals surface area contributed by atoms with Crippen LogP contribution in [0.3, 0.4) is 0 Å². The molecule has 7 nitrogen and oxygen atoms in total. The normalized spacial score (nSPS) is 18.6. The number of halogens is 1. The highest BCUT2D eigenvalue weighted by Crippen LogP contribution is 2.46. The van der Waals surface area contributed by atoms with E-state index >= 15 is 0 Å². The van der Waals surface area contributed by atoms with Gasteiger partial charge in [0.2, 0.25) is 0 Å². The molecule has 0 unspecified atom stereocenters. The Morgan fingerprint density at radius 3 is 2.33 bits per heavy atom. The summed E-state index contributed by atoms with van der Waals surface area (Å²) in [7, 11) is 4.78. The highest BCUT2D eigenvalue weighted by Gasteiger charge is 2.41. The Morgan fingerprint density at radius 1 is 0.900 bits per heavy atom. The maximum Gasteiger partial charge on any atom is 0.254 e. The van der Waals surface area contributed by atoms with Crippen LogP contribution in [0.1, 0.15) is 42.7 Å². The minimum absolute atomic E-state index is 0.0132. The van der Waals surface area contributed by atoms with Crippen LogP contribution >= 0.6 is 11.6 Å². The number of anilines is 1. The van der Waals surface area contributed by atoms with E-state index in [1.165, 1.54) is 0 Å². The fourth-order valence-electron chi connectivity index (χ4n) is 5.57. The summed E-state index contributed by atoms with van der Waals surface area (Å²) >= 11 is 6.39. The van der Waals surface area contributed by atoms with Crippen LogP contribution in [-0.2, 0) is 9.59 Å². The number of carbonyl (C=O) groups excluding carboxylic acids is 2. The Labute approximate surface area is 238 Å². The fourth-order valence-corrected chi connectivity index (χ4v) is 5.77. The lowest BCUT2D eigenvalue weighted by molar-refractivity contribution is -0.116. The summed E-state index contributed by atoms with van der Waals surface area (Å²) in [5, 5.41) is 6.95. The molecular weight excluding hydrogens is 528 g/mol. The molecule has 1 amide bonds. The molecule has 0 radical (unpaired) electrons. The Hall–Kier alpha value is -4.23. The van der Waals surface area contributed by atoms with Crippen molar-refractivity contribution in [3.05, 3.63) is 105 Å². The summed E-state index contributed by atoms with van der Waals surface area (Å²) < 4.78 is 16.1. The zero-order valence-corrected chi connectivity index (χ0v) is 23.6. The summed E-state index contributed by atoms with van der Waals surface area (Å²) in [6.07, 6.45) is 0.915. The molecule has 0 saturated heterocycles. The van der Waals surface area contributed by atoms with E-state index in [1.807, 2.05) is 43.3 Å². The summed E-state index contributed by atoms with van der Waals surface area (Å²) in [5.41, 5.74) is 5.00. The third-order valence-electron chi connectivity index (χ3n) is 7.48. The van der Waals surface area contributed by atoms with Gasteiger partial charge in [-0.3, -0.25) is 9.59 Å². The number of rotatable bonds is 7. The molecule has 1 aliphatic heterocycles. The highest BCUT2D eigenvalue weighted by atomic mass is 35.5. The van der Waals surface area contributed by atoms with Gasteiger partial charge in [0.15, 0.2) is 17.3 Å². The standard InChI is InChI=1S/C32H31ClN2O5/c1-18-29(32(37)35-23-9-11-24(38-2)12-10-23)30(20-6-5-7-22(33)14-20)31-25(34-18)15-21(16-26(31)36)19-8-13-27(39-3)28(17-19)40-4/h5-14,17,21,30,34H,15-16H2,1-4H3,(H,35,37)/t21-,30-/m1/s1. The second kappa shape index (κ2) is 11.5. The number of benzene rings is 3. The molecule has 0 bridgehead atoms. The third kappa shape index (κ3) is 5.29. The minimum Gasteiger partial charge on any atom is -0.497 e. The van der Waals surface area contributed by atoms with Gasteiger partial charge >= 0.3 is 0 Å². The first-order valence-corrected chi connectivity index (χ1v) is 13.4. The number of carbonyl (C=O) groups is 2. The number of Topliss-reactive ketones (excluding diaryl/α,β-unsaturated/α-hetero) is 1. The molecule has 2 N–H and O–H groups in total. The van der Waals surface area contributed by atoms with Crippen molar-refractivity contribution in [2.45, 2.75) is 31.6 Å². The van der Waals surface area contributed by atoms with Crippen molar-refractivity contribution in [1.29, 1.82) is 0 Å². The number of nitrogens with one attached hydrogen (secondary N) is 2. The van der Waals surface area contributed by atoms with Gasteiger partial charge in [-0.1, -0.05) is 29.8 Å². The van der Waals surface area contributed by atoms with Crippen molar-refractivity contribution >= 4 is 29.0 Å². The van der Waals surface area contributed by atoms with Crippen LogP contribution in [0.5, 0.6) is 17.2 Å². The van der Waals surface area contributed by atoms with E-state index in [-0.39, 0.29) is 17.6 Å². The SMILES string of the molecule is COc1ccc(NC(=O)C2=C(C)NC3=C(C(=O)C[C@H](c4ccc(OC)c(OC)c4)C3)[C@@H]2c2cccc(Cl)c2)cc1. The molecule has 0 saturated carbocycles. The van der Waals surface area contributed by atoms with Gasteiger partial charge in [0.25, 0.3) is 5.91 Å². The highest BCUT2D eigenvalue weighted by molar-refractivity contribution is 6.30. The third-order valence-corrected chi connectivity index (χ3v) is 7.72. The van der Waals surface area contributed by atoms with E-state index < -0.39 is 5.92 Å². The van der Waals surface area contributed by atoms with Crippen molar-refractivity contribution < 1.29 is 23.8 Å². The lowest BCUT2D eigenvalue weighted by atomic mass is 9.71. The van der Waals surface area contributed by atoms with Crippen LogP contribution in [0, 0.1) is 0 Å². The van der Waals surface area contributed by atoms with Crippen LogP contribution in [0.15, 0.2) is 89.3 Å². The van der Waals surface area contributed by atoms with E-state index in [2.05, 4.69) is 10.6 Å². The monoisotopic (exact) mass is 558 g/mol. The van der Waals surface area contributed by atoms with E-state index in [4.69, 9.17) is 25.8 Å². The smallest absolute Gasteiger partial charge is 0.254 e. The summed E-state index contributed by atoms with van der Waals surface area (Å²) in [5.74, 6) is 1.03. The number of dihydropyridines is 1. The van der Waals surface area contributed by atoms with E-state index in [0.29, 0.717) is 57.6 Å². The predicted octanol–water partition coefficient (Wildman–Crippen LogP) is 6.37. The van der Waals surface area contributed by atoms with Crippen LogP contribution in [-0.4, -0.2) is 33.0 Å². The number of allylic oxidation sites excluding steroid dienone is 3. The van der Waals surface area contributed by atoms with Gasteiger partial charge in [0, 0.05) is 45.6 Å². The molecule has 1 heterocycles. The summed E-state index contributed by atoms with van der Waals surface area (Å²) in [6, 6.07) is 20.2. The van der Waals surface area contributed by atoms with Crippen LogP contribution in [0.25, 0.3) is 0 Å². The molecule has 40 heavy (non-hydrogen) atoms. The second-order valence-corrected chi connectivity index (χ2v) is 10.3. The zero-order chi connectivity index (χ0) is 28.4. The predicted molar refractivity (Wildman–Crippen MR) is 155 cm³/mol. The van der Waals surface area contributed by atoms with Crippen LogP contribution in [0.2, 0.25) is 5.02 Å². The lowest BCUT2D eigenvalue weighted by Crippen LogP contribution is -2.37. The molecule has 206 valence electrons. The number of hydrogen-bond acceptors (Lipinski definition) is 6. The van der Waals surface area contributed by atoms with Crippen molar-refractivity contribution in [3.8, 4) is 17.2 Å². The Morgan fingerprint density at radius 2 is 1.65 bits per heavy atom. The van der Waals surface area contributed by atoms with Gasteiger partial charge in [0.05, 0.1) is 21.3 Å². The molecule has 0 fully saturated rings. The van der Waals surface area contributed by atoms with Gasteiger partial charge in [-0.05, 0) is 78.9 Å². The first-order valence-electron chi connectivity index (χ1n) is 13.0. The first kappa shape index (κ1) is 27.3. The average Bonchev–Trinajstić information content (AvgIpc) is 2.96. The first-order chi connectivity index (χ1) is 19.3. The second-order valence-electron chi connectivity index (χ2n) is 9.87. The van der Waals surface area contributed by atoms with E-state index in [0.717, 1.165) is 16.8 Å². The van der Waals surface area contributed by atoms with E-state index in [9.17, 15) is 9.59 Å². The molecular formula is C32H31ClN2O5. The molecule has 3 aromatic carbocycles.